The van der Waals surface area contributed by atoms with Gasteiger partial charge in [-0.1, -0.05) is 6.42 Å². The smallest absolute Gasteiger partial charge is 0.337 e. The maximum atomic E-state index is 11.9. The number of carboxylic acids is 1. The van der Waals surface area contributed by atoms with Crippen molar-refractivity contribution in [2.45, 2.75) is 30.6 Å². The molecule has 1 heterocycles. The number of anilines is 1. The van der Waals surface area contributed by atoms with Crippen LogP contribution in [0.25, 0.3) is 0 Å². The molecule has 3 amide bonds. The molecule has 1 aromatic carbocycles. The van der Waals surface area contributed by atoms with Crippen molar-refractivity contribution < 1.29 is 37.3 Å². The minimum absolute atomic E-state index is 0.0296. The van der Waals surface area contributed by atoms with Crippen molar-refractivity contribution in [1.29, 1.82) is 0 Å². The van der Waals surface area contributed by atoms with E-state index in [1.165, 1.54) is 18.2 Å². The Hall–Kier alpha value is -3.05. The van der Waals surface area contributed by atoms with Crippen molar-refractivity contribution in [2.24, 2.45) is 0 Å². The number of amides is 3. The summed E-state index contributed by atoms with van der Waals surface area (Å²) in [7, 11) is -4.78. The van der Waals surface area contributed by atoms with E-state index in [4.69, 9.17) is 9.66 Å². The zero-order valence-corrected chi connectivity index (χ0v) is 15.4. The lowest BCUT2D eigenvalue weighted by atomic mass is 10.1. The number of benzene rings is 1. The average Bonchev–Trinajstić information content (AvgIpc) is 2.92. The second-order valence-electron chi connectivity index (χ2n) is 6.01. The Labute approximate surface area is 160 Å². The van der Waals surface area contributed by atoms with Crippen molar-refractivity contribution in [1.82, 2.24) is 4.90 Å². The third-order valence-corrected chi connectivity index (χ3v) is 4.85. The third kappa shape index (κ3) is 5.47. The first kappa shape index (κ1) is 21.3. The van der Waals surface area contributed by atoms with Crippen LogP contribution in [0.3, 0.4) is 0 Å². The van der Waals surface area contributed by atoms with Crippen LogP contribution in [0.2, 0.25) is 0 Å². The third-order valence-electron chi connectivity index (χ3n) is 3.96. The molecule has 150 valence electrons. The number of nitrogens with one attached hydrogen (secondary N) is 1. The van der Waals surface area contributed by atoms with Gasteiger partial charge >= 0.3 is 5.97 Å². The molecule has 2 rings (SSSR count). The highest BCUT2D eigenvalue weighted by Gasteiger charge is 2.22. The second kappa shape index (κ2) is 8.76. The fourth-order valence-electron chi connectivity index (χ4n) is 2.60. The van der Waals surface area contributed by atoms with Crippen molar-refractivity contribution in [3.63, 3.8) is 0 Å². The molecular formula is C17H18N2O8S. The molecule has 0 fully saturated rings. The molecule has 0 saturated carbocycles. The van der Waals surface area contributed by atoms with Crippen molar-refractivity contribution in [2.75, 3.05) is 11.9 Å². The van der Waals surface area contributed by atoms with Gasteiger partial charge < -0.3 is 10.4 Å². The van der Waals surface area contributed by atoms with Gasteiger partial charge in [0.25, 0.3) is 21.9 Å². The normalized spacial score (nSPS) is 13.8. The zero-order chi connectivity index (χ0) is 20.9. The minimum atomic E-state index is -4.78. The summed E-state index contributed by atoms with van der Waals surface area (Å²) < 4.78 is 31.8. The van der Waals surface area contributed by atoms with E-state index in [9.17, 15) is 27.6 Å². The first-order chi connectivity index (χ1) is 13.1. The lowest BCUT2D eigenvalue weighted by molar-refractivity contribution is -0.136. The quantitative estimate of drug-likeness (QED) is 0.310. The van der Waals surface area contributed by atoms with Gasteiger partial charge in [-0.05, 0) is 31.0 Å². The molecule has 1 aliphatic heterocycles. The summed E-state index contributed by atoms with van der Waals surface area (Å²) >= 11 is 0. The standard InChI is InChI=1S/C17H18N2O8S/c20-14(4-2-1-3-9-19-15(21)7-8-16(19)22)18-11-5-6-12(17(23)24)13(10-11)28(25,26)27/h5-8,10H,1-4,9H2,(H,18,20)(H,23,24)(H,25,26,27). The SMILES string of the molecule is O=C(CCCCCN1C(=O)C=CC1=O)Nc1ccc(C(=O)O)c(S(=O)(=O)O)c1. The summed E-state index contributed by atoms with van der Waals surface area (Å²) in [6.07, 6.45) is 4.08. The highest BCUT2D eigenvalue weighted by atomic mass is 32.2. The molecule has 3 N–H and O–H groups in total. The van der Waals surface area contributed by atoms with E-state index in [0.717, 1.165) is 17.0 Å². The van der Waals surface area contributed by atoms with Gasteiger partial charge in [0, 0.05) is 30.8 Å². The highest BCUT2D eigenvalue weighted by Crippen LogP contribution is 2.21. The number of rotatable bonds is 9. The highest BCUT2D eigenvalue weighted by molar-refractivity contribution is 7.86. The summed E-state index contributed by atoms with van der Waals surface area (Å²) in [4.78, 5) is 46.0. The molecule has 1 aliphatic rings. The van der Waals surface area contributed by atoms with Crippen LogP contribution in [0.5, 0.6) is 0 Å². The van der Waals surface area contributed by atoms with Crippen molar-refractivity contribution >= 4 is 39.5 Å². The molecular weight excluding hydrogens is 392 g/mol. The lowest BCUT2D eigenvalue weighted by Gasteiger charge is -2.13. The van der Waals surface area contributed by atoms with Gasteiger partial charge in [-0.2, -0.15) is 8.42 Å². The number of unbranched alkanes of at least 4 members (excludes halogenated alkanes) is 2. The molecule has 28 heavy (non-hydrogen) atoms. The number of hydrogen-bond acceptors (Lipinski definition) is 6. The van der Waals surface area contributed by atoms with E-state index in [1.54, 1.807) is 0 Å². The zero-order valence-electron chi connectivity index (χ0n) is 14.6. The van der Waals surface area contributed by atoms with E-state index >= 15 is 0 Å². The van der Waals surface area contributed by atoms with E-state index < -0.39 is 32.5 Å². The Balaban J connectivity index is 1.84. The van der Waals surface area contributed by atoms with Crippen molar-refractivity contribution in [3.05, 3.63) is 35.9 Å². The second-order valence-corrected chi connectivity index (χ2v) is 7.40. The number of carbonyl (C=O) groups is 4. The summed E-state index contributed by atoms with van der Waals surface area (Å²) in [6.45, 7) is 0.265. The average molecular weight is 410 g/mol. The summed E-state index contributed by atoms with van der Waals surface area (Å²) in [5, 5.41) is 11.4. The Bertz CT molecular complexity index is 934. The van der Waals surface area contributed by atoms with E-state index in [2.05, 4.69) is 5.32 Å². The van der Waals surface area contributed by atoms with Crippen LogP contribution in [0, 0.1) is 0 Å². The number of imide groups is 1. The maximum absolute atomic E-state index is 11.9. The molecule has 0 unspecified atom stereocenters. The van der Waals surface area contributed by atoms with E-state index in [1.807, 2.05) is 0 Å². The molecule has 0 aliphatic carbocycles. The predicted molar refractivity (Wildman–Crippen MR) is 96.2 cm³/mol. The van der Waals surface area contributed by atoms with Gasteiger partial charge in [-0.3, -0.25) is 23.8 Å². The van der Waals surface area contributed by atoms with E-state index in [0.29, 0.717) is 19.3 Å². The molecule has 0 radical (unpaired) electrons. The van der Waals surface area contributed by atoms with Crippen LogP contribution >= 0.6 is 0 Å². The van der Waals surface area contributed by atoms with Crippen LogP contribution in [-0.4, -0.2) is 53.2 Å². The van der Waals surface area contributed by atoms with Crippen LogP contribution in [0.1, 0.15) is 36.0 Å². The molecule has 0 spiro atoms. The van der Waals surface area contributed by atoms with Crippen LogP contribution in [0.15, 0.2) is 35.2 Å². The molecule has 0 bridgehead atoms. The van der Waals surface area contributed by atoms with E-state index in [-0.39, 0.29) is 30.5 Å². The first-order valence-electron chi connectivity index (χ1n) is 8.28. The fraction of sp³-hybridized carbons (Fsp3) is 0.294. The van der Waals surface area contributed by atoms with Gasteiger partial charge in [-0.15, -0.1) is 0 Å². The number of hydrogen-bond donors (Lipinski definition) is 3. The number of aromatic carboxylic acids is 1. The van der Waals surface area contributed by atoms with Gasteiger partial charge in [0.15, 0.2) is 0 Å². The molecule has 1 aromatic rings. The van der Waals surface area contributed by atoms with Gasteiger partial charge in [0.1, 0.15) is 4.90 Å². The lowest BCUT2D eigenvalue weighted by Crippen LogP contribution is -2.30. The monoisotopic (exact) mass is 410 g/mol. The Morgan fingerprint density at radius 3 is 2.25 bits per heavy atom. The first-order valence-corrected chi connectivity index (χ1v) is 9.72. The topological polar surface area (TPSA) is 158 Å². The van der Waals surface area contributed by atoms with Crippen LogP contribution in [-0.2, 0) is 24.5 Å². The Morgan fingerprint density at radius 2 is 1.68 bits per heavy atom. The number of carbonyl (C=O) groups excluding carboxylic acids is 3. The maximum Gasteiger partial charge on any atom is 0.337 e. The minimum Gasteiger partial charge on any atom is -0.478 e. The Morgan fingerprint density at radius 1 is 1.04 bits per heavy atom. The van der Waals surface area contributed by atoms with Gasteiger partial charge in [-0.25, -0.2) is 4.79 Å². The molecule has 0 atom stereocenters. The predicted octanol–water partition coefficient (Wildman–Crippen LogP) is 1.06. The van der Waals surface area contributed by atoms with Gasteiger partial charge in [0.2, 0.25) is 5.91 Å². The number of nitrogens with zero attached hydrogens (tertiary/aromatic N) is 1. The molecule has 0 aromatic heterocycles. The fourth-order valence-corrected chi connectivity index (χ4v) is 3.31. The number of carboxylic acid groups (broad SMARTS) is 1. The summed E-state index contributed by atoms with van der Waals surface area (Å²) in [5.41, 5.74) is -0.581. The van der Waals surface area contributed by atoms with Crippen LogP contribution in [0.4, 0.5) is 5.69 Å². The van der Waals surface area contributed by atoms with Crippen LogP contribution < -0.4 is 5.32 Å². The Kier molecular flexibility index (Phi) is 6.65. The molecule has 10 nitrogen and oxygen atoms in total. The van der Waals surface area contributed by atoms with Crippen molar-refractivity contribution in [3.8, 4) is 0 Å². The largest absolute Gasteiger partial charge is 0.478 e. The summed E-state index contributed by atoms with van der Waals surface area (Å²) in [5.74, 6) is -2.68. The molecule has 11 heteroatoms. The molecule has 0 saturated heterocycles. The summed E-state index contributed by atoms with van der Waals surface area (Å²) in [6, 6.07) is 3.06. The van der Waals surface area contributed by atoms with Gasteiger partial charge in [0.05, 0.1) is 5.56 Å².